The first-order chi connectivity index (χ1) is 54.4. The Morgan fingerprint density at radius 3 is 1.30 bits per heavy atom. The lowest BCUT2D eigenvalue weighted by Crippen LogP contribution is -1.90. The Labute approximate surface area is 839 Å². The van der Waals surface area contributed by atoms with Crippen LogP contribution in [0, 0.1) is 78.0 Å². The molecule has 16 N–H and O–H groups in total. The van der Waals surface area contributed by atoms with Gasteiger partial charge in [0.2, 0.25) is 4.77 Å². The molecule has 114 heavy (non-hydrogen) atoms. The van der Waals surface area contributed by atoms with Gasteiger partial charge in [-0.1, -0.05) is 104 Å². The summed E-state index contributed by atoms with van der Waals surface area (Å²) in [7, 11) is 3.74. The molecule has 0 radical (unpaired) electrons. The molecule has 0 bridgehead atoms. The fourth-order valence-corrected chi connectivity index (χ4v) is 17.7. The number of aromatic amines is 16. The average Bonchev–Trinajstić information content (AvgIpc) is 1.63. The fourth-order valence-electron chi connectivity index (χ4n) is 4.47. The summed E-state index contributed by atoms with van der Waals surface area (Å²) in [6.45, 7) is 1.80. The first kappa shape index (κ1) is 118. The molecule has 13 rings (SSSR count). The Morgan fingerprint density at radius 1 is 0.421 bits per heavy atom. The predicted octanol–water partition coefficient (Wildman–Crippen LogP) is 26.0. The second-order valence-electron chi connectivity index (χ2n) is 16.9. The van der Waals surface area contributed by atoms with Crippen LogP contribution in [0.5, 0.6) is 0 Å². The number of nitrogens with zero attached hydrogens (tertiary/aromatic N) is 7. The normalized spacial score (nSPS) is 9.05. The molecule has 0 spiro atoms. The maximum atomic E-state index is 4.80. The zero-order valence-electron chi connectivity index (χ0n) is 57.9. The van der Waals surface area contributed by atoms with Gasteiger partial charge < -0.3 is 64.8 Å². The Bertz CT molecular complexity index is 4990. The number of aromatic nitrogens is 23. The van der Waals surface area contributed by atoms with Gasteiger partial charge in [-0.2, -0.15) is 92.6 Å². The summed E-state index contributed by atoms with van der Waals surface area (Å²) in [5.41, 5.74) is 3.42. The van der Waals surface area contributed by atoms with Crippen LogP contribution in [0.2, 0.25) is 0 Å². The molecule has 0 aliphatic carbocycles. The largest absolute Gasteiger partial charge is 0.353 e. The molecule has 0 unspecified atom stereocenters. The summed E-state index contributed by atoms with van der Waals surface area (Å²) < 4.78 is 10.9. The second kappa shape index (κ2) is 83.8. The topological polar surface area (TPSA) is 343 Å². The van der Waals surface area contributed by atoms with Gasteiger partial charge in [0.15, 0.2) is 52.4 Å². The minimum absolute atomic E-state index is 0.411. The predicted molar refractivity (Wildman–Crippen MR) is 572 cm³/mol. The molecule has 23 nitrogen and oxygen atoms in total. The van der Waals surface area contributed by atoms with Gasteiger partial charge in [0, 0.05) is 91.8 Å². The Hall–Kier alpha value is -0.100. The average molecular weight is 2230 g/mol. The van der Waals surface area contributed by atoms with Gasteiger partial charge in [0.1, 0.15) is 36.6 Å². The van der Waals surface area contributed by atoms with E-state index in [2.05, 4.69) is 315 Å². The van der Waals surface area contributed by atoms with E-state index < -0.39 is 0 Å². The van der Waals surface area contributed by atoms with E-state index in [1.54, 1.807) is 71.8 Å². The lowest BCUT2D eigenvalue weighted by atomic mass is 10.5. The molecule has 0 aromatic carbocycles. The van der Waals surface area contributed by atoms with Gasteiger partial charge in [0.25, 0.3) is 0 Å². The summed E-state index contributed by atoms with van der Waals surface area (Å²) in [4.78, 5) is 58.1. The highest BCUT2D eigenvalue weighted by Crippen LogP contribution is 2.22. The fraction of sp³-hybridized carbons (Fsp3) is 0.204. The molecule has 0 saturated heterocycles. The van der Waals surface area contributed by atoms with Crippen LogP contribution < -0.4 is 0 Å². The van der Waals surface area contributed by atoms with Crippen molar-refractivity contribution in [2.45, 2.75) is 31.2 Å². The summed E-state index contributed by atoms with van der Waals surface area (Å²) in [6.07, 6.45) is 13.1. The quantitative estimate of drug-likeness (QED) is 0.0188. The second-order valence-corrected chi connectivity index (χ2v) is 41.2. The molecular formula is C54H71N23S37. The van der Waals surface area contributed by atoms with E-state index >= 15 is 0 Å². The number of H-pyrrole nitrogens is 16. The van der Waals surface area contributed by atoms with E-state index in [4.69, 9.17) is 134 Å². The van der Waals surface area contributed by atoms with Crippen molar-refractivity contribution in [2.75, 3.05) is 56.2 Å². The number of thioether (sulfide) groups is 2. The smallest absolute Gasteiger partial charge is 0.200 e. The highest BCUT2D eigenvalue weighted by atomic mass is 33.1. The molecule has 13 aromatic rings. The van der Waals surface area contributed by atoms with Crippen LogP contribution in [-0.4, -0.2) is 171 Å². The van der Waals surface area contributed by atoms with Crippen LogP contribution >= 0.6 is 448 Å². The van der Waals surface area contributed by atoms with Gasteiger partial charge in [-0.3, -0.25) is 15.3 Å². The third-order valence-corrected chi connectivity index (χ3v) is 25.8. The number of aryl methyl sites for hydroxylation is 1. The lowest BCUT2D eigenvalue weighted by molar-refractivity contribution is 0.940. The number of pyridine rings is 2. The summed E-state index contributed by atoms with van der Waals surface area (Å²) in [5, 5.41) is 22.2. The highest BCUT2D eigenvalue weighted by Gasteiger charge is 1.94. The van der Waals surface area contributed by atoms with Crippen LogP contribution in [0.4, 0.5) is 0 Å². The van der Waals surface area contributed by atoms with E-state index in [1.165, 1.54) is 75.7 Å². The summed E-state index contributed by atoms with van der Waals surface area (Å²) in [5.74, 6) is 9.26. The van der Waals surface area contributed by atoms with Crippen molar-refractivity contribution in [1.82, 2.24) is 115 Å². The SMILES string of the molecule is Cc1nc(=S)[nH]c(=S)[nH]1.S=c1[nH][nH]c(=S)s1.S=c1[nH]c(S)c(S)s1.S=c1[nH]c(S)cs1.S=c1[nH]ccs1.S=c1[nH]ncs1.S=c1cc[nH]c(=S)[nH]1.S=c1cccc(S)[nH]1.S=c1cccc[nH]1.S=c1nc[nH]c(=S)[nH]1.S=c1nccc[nH]1.S=c1ncnc[nH]1.SCCSCCS.SCCSSCCS.SCSCS.Sc1cscn1. The van der Waals surface area contributed by atoms with Gasteiger partial charge >= 0.3 is 0 Å². The van der Waals surface area contributed by atoms with Gasteiger partial charge in [-0.05, 0) is 214 Å². The molecule has 0 amide bonds. The van der Waals surface area contributed by atoms with Crippen LogP contribution in [0.3, 0.4) is 0 Å². The first-order valence-corrected chi connectivity index (χ1v) is 51.9. The van der Waals surface area contributed by atoms with E-state index in [1.807, 2.05) is 98.3 Å². The Balaban J connectivity index is -0.00000115. The van der Waals surface area contributed by atoms with Gasteiger partial charge in [-0.15, -0.1) is 109 Å². The van der Waals surface area contributed by atoms with Crippen molar-refractivity contribution >= 4 is 448 Å². The lowest BCUT2D eigenvalue weighted by Gasteiger charge is -1.93. The summed E-state index contributed by atoms with van der Waals surface area (Å²) in [6, 6.07) is 14.7. The number of rotatable bonds is 11. The van der Waals surface area contributed by atoms with Crippen molar-refractivity contribution in [3.05, 3.63) is 203 Å². The molecule has 0 aliphatic heterocycles. The molecule has 13 heterocycles. The molecule has 0 aliphatic rings. The van der Waals surface area contributed by atoms with Crippen LogP contribution in [0.15, 0.2) is 150 Å². The zero-order valence-corrected chi connectivity index (χ0v) is 88.9. The molecule has 0 fully saturated rings. The van der Waals surface area contributed by atoms with Crippen molar-refractivity contribution in [3.8, 4) is 0 Å². The van der Waals surface area contributed by atoms with Crippen molar-refractivity contribution in [1.29, 1.82) is 0 Å². The first-order valence-electron chi connectivity index (χ1n) is 29.4. The Morgan fingerprint density at radius 2 is 1.04 bits per heavy atom. The van der Waals surface area contributed by atoms with Crippen molar-refractivity contribution in [2.24, 2.45) is 0 Å². The number of hydrogen-bond donors (Lipinski definition) is 27. The van der Waals surface area contributed by atoms with E-state index in [-0.39, 0.29) is 0 Å². The monoisotopic (exact) mass is 2220 g/mol. The maximum absolute atomic E-state index is 4.80. The minimum Gasteiger partial charge on any atom is -0.353 e. The van der Waals surface area contributed by atoms with E-state index in [0.29, 0.717) is 45.9 Å². The molecular weight excluding hydrogens is 2160 g/mol. The maximum Gasteiger partial charge on any atom is 0.200 e. The van der Waals surface area contributed by atoms with E-state index in [9.17, 15) is 0 Å². The standard InChI is InChI=1S/C5H5NS2.C5H5NS.C4H5N3S2.C4H4N2S2.C4H4N2S.C4H10S4.C4H10S3.C3H3N3S2.C3H3N3S.C3H3NS4.C3H3NS3.2C3H3NS2.C2H2N2S3.C2H2N2S2.C2H6S3/c7-4-2-1-3-5(8)6-4;7-5-3-1-2-4-6-5;1-2-5-3(8)7-4(9)6-2;7-3-1-2-5-4(8)6-3;7-4-5-2-1-3-6-4;5-1-3-7-8-4-2-6;5-1-3-7-4-2-6;7-2-4-1-5-3(8)6-2;7-3-5-1-4-2-6-3;5-1-2(6)8-3(7)4-1;5-2-1-7-3(6)4-2;5-3-1-6-2-4-3;5-3-4-1-2-6-3;5-1-3-4-2(6)7-1;5-2-4-3-1-6-2;3-1-5-2-4/h1-3H,(H2,6,7,8);1-4H,(H,6,7);1H3,(H2,5,6,7,8,9);1-2H,(H2,5,6,7,8);1-3H,(H,5,6,7);5-6H,1-4H2;5-6H,1-4H2;1H,(H2,4,5,6,7,8);1-2H,(H,4,5,6,7);5-6H,(H,4,7);1,5H,(H,4,6);1-2,5H;1-2H,(H,4,5);(H,3,5)(H,4,6);1H,(H,4,5);3-4H,1-2H2. The number of nitrogens with one attached hydrogen (secondary N) is 16. The number of thiol groups is 11. The number of thiazole rings is 4. The van der Waals surface area contributed by atoms with Crippen LogP contribution in [0.25, 0.3) is 0 Å². The van der Waals surface area contributed by atoms with Crippen LogP contribution in [-0.2, 0) is 0 Å². The molecule has 60 heteroatoms. The van der Waals surface area contributed by atoms with Gasteiger partial charge in [0.05, 0.1) is 37.5 Å². The zero-order chi connectivity index (χ0) is 86.0. The van der Waals surface area contributed by atoms with Crippen LogP contribution in [0.1, 0.15) is 5.82 Å². The summed E-state index contributed by atoms with van der Waals surface area (Å²) >= 11 is 132. The minimum atomic E-state index is 0.411. The Kier molecular flexibility index (Phi) is 86.8. The third-order valence-electron chi connectivity index (χ3n) is 8.48. The third kappa shape index (κ3) is 84.1. The highest BCUT2D eigenvalue weighted by molar-refractivity contribution is 8.76. The van der Waals surface area contributed by atoms with Gasteiger partial charge in [-0.25, -0.2) is 29.9 Å². The van der Waals surface area contributed by atoms with Crippen molar-refractivity contribution in [3.63, 3.8) is 0 Å². The van der Waals surface area contributed by atoms with Crippen molar-refractivity contribution < 1.29 is 0 Å². The van der Waals surface area contributed by atoms with E-state index in [0.717, 1.165) is 111 Å². The molecule has 0 atom stereocenters. The molecule has 13 aromatic heterocycles. The number of hydrogen-bond acceptors (Lipinski definition) is 44. The molecule has 624 valence electrons. The molecule has 0 saturated carbocycles.